The van der Waals surface area contributed by atoms with E-state index in [1.165, 1.54) is 22.3 Å². The minimum atomic E-state index is 0.311. The first-order chi connectivity index (χ1) is 10.9. The Morgan fingerprint density at radius 2 is 1.35 bits per heavy atom. The molecular formula is C22H26O. The van der Waals surface area contributed by atoms with Gasteiger partial charge in [-0.2, -0.15) is 0 Å². The summed E-state index contributed by atoms with van der Waals surface area (Å²) in [7, 11) is 0. The van der Waals surface area contributed by atoms with E-state index in [0.717, 1.165) is 23.1 Å². The zero-order valence-corrected chi connectivity index (χ0v) is 14.8. The lowest BCUT2D eigenvalue weighted by Gasteiger charge is -2.09. The number of hydrogen-bond donors (Lipinski definition) is 1. The monoisotopic (exact) mass is 306 g/mol. The van der Waals surface area contributed by atoms with Gasteiger partial charge < -0.3 is 5.11 Å². The summed E-state index contributed by atoms with van der Waals surface area (Å²) in [6, 6.07) is 12.5. The van der Waals surface area contributed by atoms with Crippen LogP contribution in [0.5, 0.6) is 0 Å². The van der Waals surface area contributed by atoms with Crippen LogP contribution in [-0.2, 0) is 0 Å². The molecular weight excluding hydrogens is 280 g/mol. The van der Waals surface area contributed by atoms with Gasteiger partial charge in [0, 0.05) is 5.56 Å². The van der Waals surface area contributed by atoms with Gasteiger partial charge in [0.2, 0.25) is 0 Å². The van der Waals surface area contributed by atoms with Gasteiger partial charge in [0.1, 0.15) is 5.76 Å². The quantitative estimate of drug-likeness (QED) is 0.518. The Kier molecular flexibility index (Phi) is 5.44. The van der Waals surface area contributed by atoms with E-state index >= 15 is 0 Å². The molecule has 0 fully saturated rings. The number of hydrogen-bond acceptors (Lipinski definition) is 1. The minimum absolute atomic E-state index is 0.311. The van der Waals surface area contributed by atoms with E-state index in [9.17, 15) is 5.11 Å². The third-order valence-electron chi connectivity index (χ3n) is 4.36. The summed E-state index contributed by atoms with van der Waals surface area (Å²) in [5.41, 5.74) is 8.04. The van der Waals surface area contributed by atoms with E-state index in [1.54, 1.807) is 0 Å². The van der Waals surface area contributed by atoms with E-state index in [2.05, 4.69) is 58.9 Å². The van der Waals surface area contributed by atoms with Gasteiger partial charge in [-0.15, -0.1) is 0 Å². The maximum Gasteiger partial charge on any atom is 0.123 e. The van der Waals surface area contributed by atoms with Gasteiger partial charge in [-0.25, -0.2) is 0 Å². The van der Waals surface area contributed by atoms with Crippen LogP contribution in [0.2, 0.25) is 0 Å². The molecule has 1 nitrogen and oxygen atoms in total. The SMILES string of the molecule is CC/C=C(\C=C(/O)c1ccc(C)c(C)c1)c1ccc(C)c(C)c1. The van der Waals surface area contributed by atoms with Crippen molar-refractivity contribution in [2.75, 3.05) is 0 Å². The van der Waals surface area contributed by atoms with Crippen LogP contribution in [0.1, 0.15) is 46.7 Å². The van der Waals surface area contributed by atoms with Crippen molar-refractivity contribution in [2.45, 2.75) is 41.0 Å². The molecule has 1 heteroatoms. The van der Waals surface area contributed by atoms with Crippen molar-refractivity contribution in [2.24, 2.45) is 0 Å². The molecule has 0 radical (unpaired) electrons. The van der Waals surface area contributed by atoms with Crippen molar-refractivity contribution in [3.8, 4) is 0 Å². The Morgan fingerprint density at radius 3 is 1.87 bits per heavy atom. The van der Waals surface area contributed by atoms with Crippen molar-refractivity contribution in [1.82, 2.24) is 0 Å². The van der Waals surface area contributed by atoms with Gasteiger partial charge in [-0.3, -0.25) is 0 Å². The molecule has 2 rings (SSSR count). The van der Waals surface area contributed by atoms with Crippen LogP contribution in [0.25, 0.3) is 11.3 Å². The molecule has 0 saturated heterocycles. The normalized spacial score (nSPS) is 12.6. The van der Waals surface area contributed by atoms with E-state index < -0.39 is 0 Å². The van der Waals surface area contributed by atoms with E-state index in [-0.39, 0.29) is 0 Å². The van der Waals surface area contributed by atoms with E-state index in [1.807, 2.05) is 24.3 Å². The topological polar surface area (TPSA) is 20.2 Å². The van der Waals surface area contributed by atoms with E-state index in [4.69, 9.17) is 0 Å². The molecule has 1 N–H and O–H groups in total. The van der Waals surface area contributed by atoms with Crippen molar-refractivity contribution in [3.63, 3.8) is 0 Å². The van der Waals surface area contributed by atoms with Crippen LogP contribution in [-0.4, -0.2) is 5.11 Å². The van der Waals surface area contributed by atoms with Crippen LogP contribution in [0.4, 0.5) is 0 Å². The summed E-state index contributed by atoms with van der Waals surface area (Å²) in [4.78, 5) is 0. The summed E-state index contributed by atoms with van der Waals surface area (Å²) >= 11 is 0. The summed E-state index contributed by atoms with van der Waals surface area (Å²) in [6.45, 7) is 10.5. The summed E-state index contributed by atoms with van der Waals surface area (Å²) < 4.78 is 0. The molecule has 0 atom stereocenters. The second-order valence-corrected chi connectivity index (χ2v) is 6.20. The molecule has 0 aliphatic rings. The Labute approximate surface area is 140 Å². The number of allylic oxidation sites excluding steroid dienone is 3. The average Bonchev–Trinajstić information content (AvgIpc) is 2.52. The number of rotatable bonds is 4. The first-order valence-electron chi connectivity index (χ1n) is 8.18. The van der Waals surface area contributed by atoms with Crippen LogP contribution in [0.15, 0.2) is 48.6 Å². The fourth-order valence-electron chi connectivity index (χ4n) is 2.53. The largest absolute Gasteiger partial charge is 0.507 e. The van der Waals surface area contributed by atoms with Crippen LogP contribution < -0.4 is 0 Å². The van der Waals surface area contributed by atoms with Crippen molar-refractivity contribution in [3.05, 3.63) is 81.9 Å². The molecule has 2 aromatic carbocycles. The summed E-state index contributed by atoms with van der Waals surface area (Å²) in [5.74, 6) is 0.311. The van der Waals surface area contributed by atoms with Crippen molar-refractivity contribution >= 4 is 11.3 Å². The molecule has 0 saturated carbocycles. The highest BCUT2D eigenvalue weighted by Gasteiger charge is 2.05. The first kappa shape index (κ1) is 17.1. The first-order valence-corrected chi connectivity index (χ1v) is 8.18. The maximum absolute atomic E-state index is 10.5. The summed E-state index contributed by atoms with van der Waals surface area (Å²) in [5, 5.41) is 10.5. The zero-order valence-electron chi connectivity index (χ0n) is 14.8. The second kappa shape index (κ2) is 7.32. The lowest BCUT2D eigenvalue weighted by molar-refractivity contribution is 0.512. The Morgan fingerprint density at radius 1 is 0.826 bits per heavy atom. The van der Waals surface area contributed by atoms with Crippen LogP contribution >= 0.6 is 0 Å². The molecule has 0 aliphatic heterocycles. The summed E-state index contributed by atoms with van der Waals surface area (Å²) in [6.07, 6.45) is 4.96. The lowest BCUT2D eigenvalue weighted by atomic mass is 9.97. The third kappa shape index (κ3) is 4.13. The molecule has 0 bridgehead atoms. The van der Waals surface area contributed by atoms with Gasteiger partial charge >= 0.3 is 0 Å². The van der Waals surface area contributed by atoms with Crippen molar-refractivity contribution in [1.29, 1.82) is 0 Å². The van der Waals surface area contributed by atoms with Gasteiger partial charge in [0.25, 0.3) is 0 Å². The predicted octanol–water partition coefficient (Wildman–Crippen LogP) is 6.31. The smallest absolute Gasteiger partial charge is 0.123 e. The van der Waals surface area contributed by atoms with Gasteiger partial charge in [0.15, 0.2) is 0 Å². The van der Waals surface area contributed by atoms with Crippen LogP contribution in [0, 0.1) is 27.7 Å². The average molecular weight is 306 g/mol. The minimum Gasteiger partial charge on any atom is -0.507 e. The maximum atomic E-state index is 10.5. The molecule has 0 amide bonds. The fraction of sp³-hybridized carbons (Fsp3) is 0.273. The molecule has 120 valence electrons. The highest BCUT2D eigenvalue weighted by atomic mass is 16.3. The Bertz CT molecular complexity index is 764. The molecule has 0 heterocycles. The fourth-order valence-corrected chi connectivity index (χ4v) is 2.53. The van der Waals surface area contributed by atoms with Crippen molar-refractivity contribution < 1.29 is 5.11 Å². The number of aliphatic hydroxyl groups is 1. The van der Waals surface area contributed by atoms with Gasteiger partial charge in [-0.1, -0.05) is 43.3 Å². The highest BCUT2D eigenvalue weighted by Crippen LogP contribution is 2.24. The molecule has 0 unspecified atom stereocenters. The van der Waals surface area contributed by atoms with E-state index in [0.29, 0.717) is 5.76 Å². The predicted molar refractivity (Wildman–Crippen MR) is 101 cm³/mol. The molecule has 0 spiro atoms. The Hall–Kier alpha value is -2.28. The standard InChI is InChI=1S/C22H26O/c1-6-7-19(20-10-8-15(2)17(4)12-20)14-22(23)21-11-9-16(3)18(5)13-21/h7-14,23H,6H2,1-5H3/b19-7+,22-14-. The van der Waals surface area contributed by atoms with Gasteiger partial charge in [-0.05, 0) is 79.6 Å². The lowest BCUT2D eigenvalue weighted by Crippen LogP contribution is -1.90. The van der Waals surface area contributed by atoms with Crippen LogP contribution in [0.3, 0.4) is 0 Å². The molecule has 0 aliphatic carbocycles. The number of benzene rings is 2. The number of aliphatic hydroxyl groups excluding tert-OH is 1. The molecule has 0 aromatic heterocycles. The van der Waals surface area contributed by atoms with Gasteiger partial charge in [0.05, 0.1) is 0 Å². The third-order valence-corrected chi connectivity index (χ3v) is 4.36. The second-order valence-electron chi connectivity index (χ2n) is 6.20. The Balaban J connectivity index is 2.43. The molecule has 2 aromatic rings. The molecule has 23 heavy (non-hydrogen) atoms. The highest BCUT2D eigenvalue weighted by molar-refractivity contribution is 5.81. The number of aryl methyl sites for hydroxylation is 4. The zero-order chi connectivity index (χ0) is 17.0.